The number of amides is 1. The molecule has 0 spiro atoms. The van der Waals surface area contributed by atoms with Gasteiger partial charge in [-0.2, -0.15) is 0 Å². The fourth-order valence-corrected chi connectivity index (χ4v) is 4.26. The van der Waals surface area contributed by atoms with Gasteiger partial charge in [0.15, 0.2) is 0 Å². The third-order valence-corrected chi connectivity index (χ3v) is 5.59. The average Bonchev–Trinajstić information content (AvgIpc) is 3.02. The summed E-state index contributed by atoms with van der Waals surface area (Å²) in [6.07, 6.45) is 0. The van der Waals surface area contributed by atoms with Crippen molar-refractivity contribution in [1.82, 2.24) is 0 Å². The molecule has 0 N–H and O–H groups in total. The Hall–Kier alpha value is -2.52. The van der Waals surface area contributed by atoms with Gasteiger partial charge in [-0.25, -0.2) is 0 Å². The van der Waals surface area contributed by atoms with E-state index in [-0.39, 0.29) is 11.8 Å². The normalized spacial score (nSPS) is 15.9. The molecule has 0 aliphatic carbocycles. The summed E-state index contributed by atoms with van der Waals surface area (Å²) < 4.78 is 0. The molecule has 124 valence electrons. The smallest absolute Gasteiger partial charge is 0.223 e. The van der Waals surface area contributed by atoms with Gasteiger partial charge >= 0.3 is 0 Å². The summed E-state index contributed by atoms with van der Waals surface area (Å²) >= 11 is 1.73. The molecule has 4 rings (SSSR count). The third-order valence-electron chi connectivity index (χ3n) is 4.59. The SMILES string of the molecule is CC(=O)N1CC(c2ccccc2)c2ccc(Sc3ccccc3)cc21. The van der Waals surface area contributed by atoms with Crippen molar-refractivity contribution in [2.24, 2.45) is 0 Å². The van der Waals surface area contributed by atoms with Gasteiger partial charge in [-0.15, -0.1) is 0 Å². The molecule has 1 unspecified atom stereocenters. The summed E-state index contributed by atoms with van der Waals surface area (Å²) in [5.41, 5.74) is 3.54. The highest BCUT2D eigenvalue weighted by Crippen LogP contribution is 2.42. The largest absolute Gasteiger partial charge is 0.311 e. The first kappa shape index (κ1) is 16.0. The molecule has 2 nitrogen and oxygen atoms in total. The first-order chi connectivity index (χ1) is 12.2. The standard InChI is InChI=1S/C22H19NOS/c1-16(24)23-15-21(17-8-4-2-5-9-17)20-13-12-19(14-22(20)23)25-18-10-6-3-7-11-18/h2-14,21H,15H2,1H3. The van der Waals surface area contributed by atoms with E-state index in [1.807, 2.05) is 29.2 Å². The lowest BCUT2D eigenvalue weighted by Gasteiger charge is -2.16. The lowest BCUT2D eigenvalue weighted by Crippen LogP contribution is -2.27. The van der Waals surface area contributed by atoms with E-state index in [1.54, 1.807) is 18.7 Å². The number of hydrogen-bond acceptors (Lipinski definition) is 2. The summed E-state index contributed by atoms with van der Waals surface area (Å²) in [5, 5.41) is 0. The predicted molar refractivity (Wildman–Crippen MR) is 103 cm³/mol. The Morgan fingerprint density at radius 3 is 2.28 bits per heavy atom. The molecule has 3 aromatic carbocycles. The molecule has 1 aliphatic rings. The van der Waals surface area contributed by atoms with E-state index in [1.165, 1.54) is 16.0 Å². The molecule has 0 fully saturated rings. The summed E-state index contributed by atoms with van der Waals surface area (Å²) in [5.74, 6) is 0.345. The maximum atomic E-state index is 12.2. The maximum absolute atomic E-state index is 12.2. The van der Waals surface area contributed by atoms with E-state index in [4.69, 9.17) is 0 Å². The van der Waals surface area contributed by atoms with Crippen LogP contribution in [0.4, 0.5) is 5.69 Å². The second kappa shape index (κ2) is 6.77. The van der Waals surface area contributed by atoms with E-state index >= 15 is 0 Å². The van der Waals surface area contributed by atoms with Gasteiger partial charge < -0.3 is 4.90 Å². The van der Waals surface area contributed by atoms with Gasteiger partial charge in [-0.05, 0) is 35.4 Å². The average molecular weight is 345 g/mol. The number of carbonyl (C=O) groups is 1. The summed E-state index contributed by atoms with van der Waals surface area (Å²) in [6, 6.07) is 27.3. The summed E-state index contributed by atoms with van der Waals surface area (Å²) in [7, 11) is 0. The highest BCUT2D eigenvalue weighted by Gasteiger charge is 2.32. The predicted octanol–water partition coefficient (Wildman–Crippen LogP) is 5.34. The quantitative estimate of drug-likeness (QED) is 0.639. The van der Waals surface area contributed by atoms with Gasteiger partial charge in [-0.1, -0.05) is 66.4 Å². The summed E-state index contributed by atoms with van der Waals surface area (Å²) in [6.45, 7) is 2.36. The van der Waals surface area contributed by atoms with Crippen molar-refractivity contribution in [1.29, 1.82) is 0 Å². The Morgan fingerprint density at radius 2 is 1.60 bits per heavy atom. The number of benzene rings is 3. The van der Waals surface area contributed by atoms with Crippen molar-refractivity contribution in [2.45, 2.75) is 22.6 Å². The molecule has 0 saturated heterocycles. The van der Waals surface area contributed by atoms with Crippen LogP contribution in [0.3, 0.4) is 0 Å². The lowest BCUT2D eigenvalue weighted by molar-refractivity contribution is -0.116. The Labute approximate surface area is 152 Å². The molecular formula is C22H19NOS. The van der Waals surface area contributed by atoms with Gasteiger partial charge in [0, 0.05) is 34.9 Å². The van der Waals surface area contributed by atoms with Crippen molar-refractivity contribution in [3.05, 3.63) is 90.0 Å². The molecule has 25 heavy (non-hydrogen) atoms. The van der Waals surface area contributed by atoms with E-state index in [0.29, 0.717) is 6.54 Å². The number of anilines is 1. The fourth-order valence-electron chi connectivity index (χ4n) is 3.39. The minimum absolute atomic E-state index is 0.0987. The van der Waals surface area contributed by atoms with E-state index in [2.05, 4.69) is 54.6 Å². The van der Waals surface area contributed by atoms with Crippen LogP contribution < -0.4 is 4.90 Å². The van der Waals surface area contributed by atoms with Gasteiger partial charge in [0.1, 0.15) is 0 Å². The molecule has 1 heterocycles. The molecule has 0 aromatic heterocycles. The van der Waals surface area contributed by atoms with Crippen LogP contribution >= 0.6 is 11.8 Å². The Balaban J connectivity index is 1.71. The Bertz CT molecular complexity index is 892. The number of nitrogens with zero attached hydrogens (tertiary/aromatic N) is 1. The zero-order chi connectivity index (χ0) is 17.2. The van der Waals surface area contributed by atoms with Crippen LogP contribution in [0.1, 0.15) is 24.0 Å². The first-order valence-electron chi connectivity index (χ1n) is 8.42. The van der Waals surface area contributed by atoms with Gasteiger partial charge in [0.2, 0.25) is 5.91 Å². The molecule has 3 heteroatoms. The minimum Gasteiger partial charge on any atom is -0.311 e. The minimum atomic E-state index is 0.0987. The van der Waals surface area contributed by atoms with Gasteiger partial charge in [0.25, 0.3) is 0 Å². The van der Waals surface area contributed by atoms with Crippen LogP contribution in [0.5, 0.6) is 0 Å². The second-order valence-electron chi connectivity index (χ2n) is 6.23. The van der Waals surface area contributed by atoms with E-state index in [0.717, 1.165) is 10.6 Å². The first-order valence-corrected chi connectivity index (χ1v) is 9.24. The molecule has 0 saturated carbocycles. The van der Waals surface area contributed by atoms with Crippen LogP contribution in [0.2, 0.25) is 0 Å². The highest BCUT2D eigenvalue weighted by molar-refractivity contribution is 7.99. The highest BCUT2D eigenvalue weighted by atomic mass is 32.2. The van der Waals surface area contributed by atoms with Crippen molar-refractivity contribution in [2.75, 3.05) is 11.4 Å². The Kier molecular flexibility index (Phi) is 4.33. The van der Waals surface area contributed by atoms with Crippen LogP contribution in [0.15, 0.2) is 88.7 Å². The molecule has 0 bridgehead atoms. The van der Waals surface area contributed by atoms with E-state index < -0.39 is 0 Å². The number of carbonyl (C=O) groups excluding carboxylic acids is 1. The van der Waals surface area contributed by atoms with Gasteiger partial charge in [-0.3, -0.25) is 4.79 Å². The fraction of sp³-hybridized carbons (Fsp3) is 0.136. The van der Waals surface area contributed by atoms with Crippen molar-refractivity contribution >= 4 is 23.4 Å². The molecule has 0 radical (unpaired) electrons. The monoisotopic (exact) mass is 345 g/mol. The van der Waals surface area contributed by atoms with Crippen molar-refractivity contribution in [3.63, 3.8) is 0 Å². The molecule has 1 atom stereocenters. The maximum Gasteiger partial charge on any atom is 0.223 e. The van der Waals surface area contributed by atoms with Crippen LogP contribution in [-0.2, 0) is 4.79 Å². The number of fused-ring (bicyclic) bond motifs is 1. The van der Waals surface area contributed by atoms with Crippen LogP contribution in [-0.4, -0.2) is 12.5 Å². The number of hydrogen-bond donors (Lipinski definition) is 0. The number of rotatable bonds is 3. The van der Waals surface area contributed by atoms with E-state index in [9.17, 15) is 4.79 Å². The molecule has 1 amide bonds. The zero-order valence-electron chi connectivity index (χ0n) is 14.1. The lowest BCUT2D eigenvalue weighted by atomic mass is 9.93. The zero-order valence-corrected chi connectivity index (χ0v) is 14.9. The Morgan fingerprint density at radius 1 is 0.920 bits per heavy atom. The third kappa shape index (κ3) is 3.20. The van der Waals surface area contributed by atoms with Crippen molar-refractivity contribution in [3.8, 4) is 0 Å². The van der Waals surface area contributed by atoms with Crippen LogP contribution in [0, 0.1) is 0 Å². The van der Waals surface area contributed by atoms with Crippen molar-refractivity contribution < 1.29 is 4.79 Å². The molecular weight excluding hydrogens is 326 g/mol. The topological polar surface area (TPSA) is 20.3 Å². The molecule has 1 aliphatic heterocycles. The summed E-state index contributed by atoms with van der Waals surface area (Å²) in [4.78, 5) is 16.4. The second-order valence-corrected chi connectivity index (χ2v) is 7.38. The van der Waals surface area contributed by atoms with Gasteiger partial charge in [0.05, 0.1) is 0 Å². The molecule has 3 aromatic rings. The van der Waals surface area contributed by atoms with Crippen LogP contribution in [0.25, 0.3) is 0 Å².